The minimum absolute atomic E-state index is 0.0413. The Hall–Kier alpha value is -3.68. The zero-order valence-electron chi connectivity index (χ0n) is 18.6. The van der Waals surface area contributed by atoms with Crippen molar-refractivity contribution < 1.29 is 14.3 Å². The van der Waals surface area contributed by atoms with Gasteiger partial charge in [-0.3, -0.25) is 14.7 Å². The highest BCUT2D eigenvalue weighted by molar-refractivity contribution is 5.97. The molecule has 5 rings (SSSR count). The van der Waals surface area contributed by atoms with Gasteiger partial charge in [0.05, 0.1) is 12.6 Å². The number of amides is 2. The van der Waals surface area contributed by atoms with Gasteiger partial charge in [-0.1, -0.05) is 17.3 Å². The molecule has 1 aromatic heterocycles. The first-order chi connectivity index (χ1) is 16.1. The molecule has 3 aromatic rings. The van der Waals surface area contributed by atoms with Crippen LogP contribution in [0.2, 0.25) is 0 Å². The van der Waals surface area contributed by atoms with Crippen molar-refractivity contribution in [2.45, 2.75) is 12.8 Å². The number of H-pyrrole nitrogens is 1. The van der Waals surface area contributed by atoms with Crippen molar-refractivity contribution >= 4 is 28.9 Å². The summed E-state index contributed by atoms with van der Waals surface area (Å²) in [4.78, 5) is 29.7. The van der Waals surface area contributed by atoms with Crippen LogP contribution in [0.3, 0.4) is 0 Å². The van der Waals surface area contributed by atoms with Gasteiger partial charge in [-0.25, -0.2) is 0 Å². The van der Waals surface area contributed by atoms with Crippen LogP contribution < -0.4 is 4.74 Å². The molecule has 33 heavy (non-hydrogen) atoms. The van der Waals surface area contributed by atoms with Gasteiger partial charge in [0.25, 0.3) is 5.91 Å². The van der Waals surface area contributed by atoms with Gasteiger partial charge >= 0.3 is 0 Å². The number of fused-ring (bicyclic) bond motifs is 2. The van der Waals surface area contributed by atoms with E-state index >= 15 is 0 Å². The molecule has 8 heteroatoms. The Bertz CT molecular complexity index is 1170. The number of likely N-dealkylation sites (tertiary alicyclic amines) is 2. The second-order valence-electron chi connectivity index (χ2n) is 8.78. The van der Waals surface area contributed by atoms with Crippen LogP contribution in [0.5, 0.6) is 5.75 Å². The molecular formula is C25H27N5O3. The van der Waals surface area contributed by atoms with Crippen LogP contribution >= 0.6 is 0 Å². The highest BCUT2D eigenvalue weighted by Crippen LogP contribution is 2.33. The average Bonchev–Trinajstić information content (AvgIpc) is 3.44. The first kappa shape index (κ1) is 21.2. The second kappa shape index (κ2) is 9.05. The van der Waals surface area contributed by atoms with E-state index < -0.39 is 0 Å². The molecule has 2 atom stereocenters. The lowest BCUT2D eigenvalue weighted by molar-refractivity contribution is -0.126. The number of rotatable bonds is 4. The largest absolute Gasteiger partial charge is 0.497 e. The van der Waals surface area contributed by atoms with Crippen molar-refractivity contribution in [2.24, 2.45) is 11.8 Å². The minimum atomic E-state index is 0.0413. The summed E-state index contributed by atoms with van der Waals surface area (Å²) < 4.78 is 5.17. The van der Waals surface area contributed by atoms with Crippen LogP contribution in [0.4, 0.5) is 0 Å². The lowest BCUT2D eigenvalue weighted by atomic mass is 9.92. The molecule has 0 aliphatic carbocycles. The van der Waals surface area contributed by atoms with Crippen molar-refractivity contribution in [3.63, 3.8) is 0 Å². The zero-order chi connectivity index (χ0) is 22.8. The molecule has 8 nitrogen and oxygen atoms in total. The van der Waals surface area contributed by atoms with Crippen molar-refractivity contribution in [3.8, 4) is 5.75 Å². The summed E-state index contributed by atoms with van der Waals surface area (Å²) in [5, 5.41) is 10.6. The Morgan fingerprint density at radius 1 is 1.03 bits per heavy atom. The number of hydrogen-bond donors (Lipinski definition) is 1. The number of aromatic nitrogens is 3. The van der Waals surface area contributed by atoms with E-state index in [0.29, 0.717) is 22.9 Å². The van der Waals surface area contributed by atoms with Crippen LogP contribution in [0.1, 0.15) is 28.8 Å². The van der Waals surface area contributed by atoms with Crippen molar-refractivity contribution in [2.75, 3.05) is 33.3 Å². The molecule has 2 unspecified atom stereocenters. The molecular weight excluding hydrogens is 418 g/mol. The lowest BCUT2D eigenvalue weighted by Gasteiger charge is -2.21. The number of carbonyl (C=O) groups is 2. The third-order valence-corrected chi connectivity index (χ3v) is 6.82. The van der Waals surface area contributed by atoms with Gasteiger partial charge in [0, 0.05) is 37.8 Å². The quantitative estimate of drug-likeness (QED) is 0.624. The Kier molecular flexibility index (Phi) is 5.81. The number of ether oxygens (including phenoxy) is 1. The number of hydrogen-bond acceptors (Lipinski definition) is 5. The van der Waals surface area contributed by atoms with E-state index in [1.165, 1.54) is 0 Å². The standard InChI is InChI=1S/C25H27N5O3/c1-33-21-6-2-17(3-7-21)4-9-24(31)29-12-10-19-15-30(16-20(19)11-13-29)25(32)18-5-8-22-23(14-18)27-28-26-22/h2-9,14,19-20H,10-13,15-16H2,1H3,(H,26,27,28)/b9-4+. The molecule has 2 amide bonds. The van der Waals surface area contributed by atoms with E-state index in [-0.39, 0.29) is 11.8 Å². The molecule has 0 saturated carbocycles. The van der Waals surface area contributed by atoms with Gasteiger partial charge in [0.2, 0.25) is 5.91 Å². The van der Waals surface area contributed by atoms with E-state index in [0.717, 1.165) is 55.9 Å². The molecule has 2 aliphatic heterocycles. The number of methoxy groups -OCH3 is 1. The van der Waals surface area contributed by atoms with Gasteiger partial charge in [0.1, 0.15) is 11.3 Å². The van der Waals surface area contributed by atoms with Gasteiger partial charge in [-0.2, -0.15) is 0 Å². The summed E-state index contributed by atoms with van der Waals surface area (Å²) in [5.74, 6) is 1.73. The molecule has 0 radical (unpaired) electrons. The van der Waals surface area contributed by atoms with E-state index in [1.807, 2.05) is 52.3 Å². The van der Waals surface area contributed by atoms with Crippen LogP contribution in [-0.4, -0.2) is 70.3 Å². The highest BCUT2D eigenvalue weighted by atomic mass is 16.5. The fraction of sp³-hybridized carbons (Fsp3) is 0.360. The Morgan fingerprint density at radius 3 is 2.45 bits per heavy atom. The molecule has 0 bridgehead atoms. The van der Waals surface area contributed by atoms with Crippen molar-refractivity contribution in [1.29, 1.82) is 0 Å². The van der Waals surface area contributed by atoms with Gasteiger partial charge in [-0.15, -0.1) is 5.10 Å². The van der Waals surface area contributed by atoms with E-state index in [9.17, 15) is 9.59 Å². The Balaban J connectivity index is 1.17. The monoisotopic (exact) mass is 445 g/mol. The third kappa shape index (κ3) is 4.46. The number of carbonyl (C=O) groups excluding carboxylic acids is 2. The normalized spacial score (nSPS) is 20.8. The summed E-state index contributed by atoms with van der Waals surface area (Å²) in [5.41, 5.74) is 3.14. The van der Waals surface area contributed by atoms with Crippen molar-refractivity contribution in [1.82, 2.24) is 25.2 Å². The number of benzene rings is 2. The molecule has 2 saturated heterocycles. The Labute approximate surface area is 192 Å². The fourth-order valence-corrected chi connectivity index (χ4v) is 4.88. The molecule has 0 spiro atoms. The maximum absolute atomic E-state index is 13.1. The van der Waals surface area contributed by atoms with Gasteiger partial charge in [-0.05, 0) is 66.6 Å². The first-order valence-corrected chi connectivity index (χ1v) is 11.3. The predicted octanol–water partition coefficient (Wildman–Crippen LogP) is 2.99. The van der Waals surface area contributed by atoms with E-state index in [4.69, 9.17) is 4.74 Å². The molecule has 170 valence electrons. The lowest BCUT2D eigenvalue weighted by Crippen LogP contribution is -2.33. The highest BCUT2D eigenvalue weighted by Gasteiger charge is 2.37. The molecule has 2 aliphatic rings. The molecule has 2 aromatic carbocycles. The van der Waals surface area contributed by atoms with Gasteiger partial charge in [0.15, 0.2) is 0 Å². The average molecular weight is 446 g/mol. The Morgan fingerprint density at radius 2 is 1.76 bits per heavy atom. The number of nitrogens with one attached hydrogen (secondary N) is 1. The number of aromatic amines is 1. The minimum Gasteiger partial charge on any atom is -0.497 e. The van der Waals surface area contributed by atoms with Crippen LogP contribution in [0, 0.1) is 11.8 Å². The fourth-order valence-electron chi connectivity index (χ4n) is 4.88. The first-order valence-electron chi connectivity index (χ1n) is 11.3. The predicted molar refractivity (Wildman–Crippen MR) is 125 cm³/mol. The topological polar surface area (TPSA) is 91.4 Å². The second-order valence-corrected chi connectivity index (χ2v) is 8.78. The molecule has 1 N–H and O–H groups in total. The summed E-state index contributed by atoms with van der Waals surface area (Å²) in [6.07, 6.45) is 5.33. The summed E-state index contributed by atoms with van der Waals surface area (Å²) >= 11 is 0. The molecule has 2 fully saturated rings. The van der Waals surface area contributed by atoms with Crippen LogP contribution in [-0.2, 0) is 4.79 Å². The third-order valence-electron chi connectivity index (χ3n) is 6.82. The SMILES string of the molecule is COc1ccc(/C=C/C(=O)N2CCC3CN(C(=O)c4ccc5[nH]nnc5c4)CC3CC2)cc1. The summed E-state index contributed by atoms with van der Waals surface area (Å²) in [6, 6.07) is 13.1. The number of nitrogens with zero attached hydrogens (tertiary/aromatic N) is 4. The zero-order valence-corrected chi connectivity index (χ0v) is 18.6. The van der Waals surface area contributed by atoms with E-state index in [1.54, 1.807) is 19.3 Å². The molecule has 3 heterocycles. The van der Waals surface area contributed by atoms with Crippen molar-refractivity contribution in [3.05, 3.63) is 59.7 Å². The summed E-state index contributed by atoms with van der Waals surface area (Å²) in [7, 11) is 1.63. The maximum Gasteiger partial charge on any atom is 0.253 e. The summed E-state index contributed by atoms with van der Waals surface area (Å²) in [6.45, 7) is 2.92. The smallest absolute Gasteiger partial charge is 0.253 e. The van der Waals surface area contributed by atoms with Crippen LogP contribution in [0.25, 0.3) is 17.1 Å². The maximum atomic E-state index is 13.1. The van der Waals surface area contributed by atoms with Crippen LogP contribution in [0.15, 0.2) is 48.5 Å². The van der Waals surface area contributed by atoms with Gasteiger partial charge < -0.3 is 14.5 Å². The van der Waals surface area contributed by atoms with E-state index in [2.05, 4.69) is 15.4 Å².